The molecule has 3 heteroatoms. The molecular formula is C15H28O3. The maximum absolute atomic E-state index is 11.9. The van der Waals surface area contributed by atoms with Crippen molar-refractivity contribution in [1.29, 1.82) is 0 Å². The van der Waals surface area contributed by atoms with E-state index in [1.807, 2.05) is 0 Å². The van der Waals surface area contributed by atoms with Gasteiger partial charge in [-0.15, -0.1) is 0 Å². The zero-order chi connectivity index (χ0) is 14.2. The Balaban J connectivity index is 2.91. The third kappa shape index (κ3) is 3.47. The predicted molar refractivity (Wildman–Crippen MR) is 72.2 cm³/mol. The molecule has 0 spiro atoms. The van der Waals surface area contributed by atoms with Crippen molar-refractivity contribution in [1.82, 2.24) is 0 Å². The van der Waals surface area contributed by atoms with Crippen LogP contribution in [0.15, 0.2) is 0 Å². The van der Waals surface area contributed by atoms with E-state index in [1.54, 1.807) is 13.8 Å². The van der Waals surface area contributed by atoms with Crippen LogP contribution in [0.25, 0.3) is 0 Å². The number of hydrogen-bond acceptors (Lipinski definition) is 3. The van der Waals surface area contributed by atoms with Gasteiger partial charge in [0.05, 0.1) is 6.61 Å². The molecule has 106 valence electrons. The van der Waals surface area contributed by atoms with E-state index < -0.39 is 11.6 Å². The summed E-state index contributed by atoms with van der Waals surface area (Å²) in [6.07, 6.45) is 2.85. The Kier molecular flexibility index (Phi) is 4.16. The Bertz CT molecular complexity index is 300. The minimum absolute atomic E-state index is 0.0321. The molecule has 0 aromatic carbocycles. The second-order valence-corrected chi connectivity index (χ2v) is 7.48. The number of aliphatic hydroxyl groups is 1. The van der Waals surface area contributed by atoms with Gasteiger partial charge in [0.15, 0.2) is 5.60 Å². The van der Waals surface area contributed by atoms with E-state index in [0.29, 0.717) is 6.61 Å². The van der Waals surface area contributed by atoms with Crippen molar-refractivity contribution in [3.8, 4) is 0 Å². The highest BCUT2D eigenvalue weighted by molar-refractivity contribution is 5.79. The molecule has 1 rings (SSSR count). The first-order valence-corrected chi connectivity index (χ1v) is 6.90. The van der Waals surface area contributed by atoms with Crippen LogP contribution in [0.1, 0.15) is 60.8 Å². The van der Waals surface area contributed by atoms with Crippen molar-refractivity contribution >= 4 is 5.97 Å². The summed E-state index contributed by atoms with van der Waals surface area (Å²) >= 11 is 0. The molecule has 1 aliphatic carbocycles. The second kappa shape index (κ2) is 4.84. The van der Waals surface area contributed by atoms with Crippen LogP contribution in [0.4, 0.5) is 0 Å². The molecule has 3 nitrogen and oxygen atoms in total. The first kappa shape index (κ1) is 15.5. The lowest BCUT2D eigenvalue weighted by Crippen LogP contribution is -2.50. The topological polar surface area (TPSA) is 46.5 Å². The molecule has 0 radical (unpaired) electrons. The summed E-state index contributed by atoms with van der Waals surface area (Å²) in [6, 6.07) is 0. The van der Waals surface area contributed by atoms with Gasteiger partial charge in [0.1, 0.15) is 0 Å². The summed E-state index contributed by atoms with van der Waals surface area (Å²) in [5.74, 6) is -0.515. The number of ether oxygens (including phenoxy) is 1. The fraction of sp³-hybridized carbons (Fsp3) is 0.933. The molecule has 1 unspecified atom stereocenters. The first-order chi connectivity index (χ1) is 8.00. The fourth-order valence-corrected chi connectivity index (χ4v) is 3.69. The van der Waals surface area contributed by atoms with Crippen LogP contribution in [0.2, 0.25) is 0 Å². The average Bonchev–Trinajstić information content (AvgIpc) is 2.12. The van der Waals surface area contributed by atoms with E-state index in [2.05, 4.69) is 27.7 Å². The van der Waals surface area contributed by atoms with Gasteiger partial charge in [0.25, 0.3) is 0 Å². The molecule has 0 bridgehead atoms. The summed E-state index contributed by atoms with van der Waals surface area (Å²) in [7, 11) is 0. The van der Waals surface area contributed by atoms with Crippen LogP contribution < -0.4 is 0 Å². The zero-order valence-electron chi connectivity index (χ0n) is 12.7. The van der Waals surface area contributed by atoms with Crippen molar-refractivity contribution in [3.63, 3.8) is 0 Å². The van der Waals surface area contributed by atoms with Crippen LogP contribution in [0.5, 0.6) is 0 Å². The van der Waals surface area contributed by atoms with Gasteiger partial charge in [-0.05, 0) is 49.9 Å². The van der Waals surface area contributed by atoms with E-state index >= 15 is 0 Å². The molecule has 0 heterocycles. The maximum atomic E-state index is 11.9. The number of hydrogen-bond donors (Lipinski definition) is 1. The number of rotatable bonds is 3. The molecule has 0 amide bonds. The van der Waals surface area contributed by atoms with Gasteiger partial charge in [-0.25, -0.2) is 4.79 Å². The van der Waals surface area contributed by atoms with E-state index in [-0.39, 0.29) is 16.7 Å². The maximum Gasteiger partial charge on any atom is 0.338 e. The molecule has 0 saturated heterocycles. The van der Waals surface area contributed by atoms with Crippen LogP contribution in [-0.2, 0) is 9.53 Å². The molecule has 0 aromatic rings. The van der Waals surface area contributed by atoms with E-state index in [9.17, 15) is 9.90 Å². The zero-order valence-corrected chi connectivity index (χ0v) is 12.7. The standard InChI is InChI=1S/C15H28O3/c1-7-18-12(16)15(6,17)11-8-13(2,3)10-14(4,5)9-11/h11,17H,7-10H2,1-6H3. The van der Waals surface area contributed by atoms with Gasteiger partial charge >= 0.3 is 5.97 Å². The summed E-state index contributed by atoms with van der Waals surface area (Å²) in [6.45, 7) is 12.5. The molecular weight excluding hydrogens is 228 g/mol. The van der Waals surface area contributed by atoms with Crippen molar-refractivity contribution < 1.29 is 14.6 Å². The third-order valence-corrected chi connectivity index (χ3v) is 4.04. The lowest BCUT2D eigenvalue weighted by Gasteiger charge is -2.48. The SMILES string of the molecule is CCOC(=O)C(C)(O)C1CC(C)(C)CC(C)(C)C1. The molecule has 1 fully saturated rings. The molecule has 0 aromatic heterocycles. The largest absolute Gasteiger partial charge is 0.464 e. The van der Waals surface area contributed by atoms with Crippen LogP contribution >= 0.6 is 0 Å². The van der Waals surface area contributed by atoms with Crippen LogP contribution in [0, 0.1) is 16.7 Å². The highest BCUT2D eigenvalue weighted by Gasteiger charge is 2.49. The molecule has 1 saturated carbocycles. The second-order valence-electron chi connectivity index (χ2n) is 7.48. The summed E-state index contributed by atoms with van der Waals surface area (Å²) in [5, 5.41) is 10.5. The van der Waals surface area contributed by atoms with E-state index in [4.69, 9.17) is 4.74 Å². The molecule has 1 N–H and O–H groups in total. The summed E-state index contributed by atoms with van der Waals surface area (Å²) in [4.78, 5) is 11.9. The first-order valence-electron chi connectivity index (χ1n) is 6.90. The molecule has 18 heavy (non-hydrogen) atoms. The lowest BCUT2D eigenvalue weighted by molar-refractivity contribution is -0.174. The molecule has 0 aliphatic heterocycles. The minimum Gasteiger partial charge on any atom is -0.464 e. The minimum atomic E-state index is -1.37. The van der Waals surface area contributed by atoms with Gasteiger partial charge in [-0.3, -0.25) is 0 Å². The average molecular weight is 256 g/mol. The Morgan fingerprint density at radius 2 is 1.72 bits per heavy atom. The molecule has 1 atom stereocenters. The van der Waals surface area contributed by atoms with Crippen molar-refractivity contribution in [2.24, 2.45) is 16.7 Å². The fourth-order valence-electron chi connectivity index (χ4n) is 3.69. The number of carbonyl (C=O) groups excluding carboxylic acids is 1. The Morgan fingerprint density at radius 1 is 1.28 bits per heavy atom. The quantitative estimate of drug-likeness (QED) is 0.789. The van der Waals surface area contributed by atoms with Crippen LogP contribution in [-0.4, -0.2) is 23.3 Å². The highest BCUT2D eigenvalue weighted by Crippen LogP contribution is 2.51. The van der Waals surface area contributed by atoms with Gasteiger partial charge in [0.2, 0.25) is 0 Å². The Labute approximate surface area is 111 Å². The normalized spacial score (nSPS) is 26.4. The Hall–Kier alpha value is -0.570. The molecule has 1 aliphatic rings. The van der Waals surface area contributed by atoms with Crippen molar-refractivity contribution in [2.75, 3.05) is 6.61 Å². The predicted octanol–water partition coefficient (Wildman–Crippen LogP) is 3.15. The van der Waals surface area contributed by atoms with Crippen LogP contribution in [0.3, 0.4) is 0 Å². The summed E-state index contributed by atoms with van der Waals surface area (Å²) in [5.41, 5.74) is -1.06. The van der Waals surface area contributed by atoms with Gasteiger partial charge < -0.3 is 9.84 Å². The lowest BCUT2D eigenvalue weighted by atomic mass is 9.58. The van der Waals surface area contributed by atoms with E-state index in [0.717, 1.165) is 19.3 Å². The van der Waals surface area contributed by atoms with E-state index in [1.165, 1.54) is 0 Å². The number of esters is 1. The Morgan fingerprint density at radius 3 is 2.11 bits per heavy atom. The highest BCUT2D eigenvalue weighted by atomic mass is 16.5. The van der Waals surface area contributed by atoms with Gasteiger partial charge in [0, 0.05) is 0 Å². The van der Waals surface area contributed by atoms with Crippen molar-refractivity contribution in [2.45, 2.75) is 66.4 Å². The summed E-state index contributed by atoms with van der Waals surface area (Å²) < 4.78 is 5.01. The smallest absolute Gasteiger partial charge is 0.338 e. The van der Waals surface area contributed by atoms with Crippen molar-refractivity contribution in [3.05, 3.63) is 0 Å². The third-order valence-electron chi connectivity index (χ3n) is 4.04. The number of carbonyl (C=O) groups is 1. The van der Waals surface area contributed by atoms with Gasteiger partial charge in [-0.1, -0.05) is 27.7 Å². The van der Waals surface area contributed by atoms with Gasteiger partial charge in [-0.2, -0.15) is 0 Å². The monoisotopic (exact) mass is 256 g/mol.